The zero-order valence-corrected chi connectivity index (χ0v) is 36.5. The average Bonchev–Trinajstić information content (AvgIpc) is 4.15. The molecule has 2 unspecified atom stereocenters. The number of urea groups is 1. The molecular weight excluding hydrogens is 853 g/mol. The van der Waals surface area contributed by atoms with E-state index >= 15 is 0 Å². The fraction of sp³-hybridized carbons (Fsp3) is 0.429. The number of benzene rings is 2. The summed E-state index contributed by atoms with van der Waals surface area (Å²) in [6, 6.07) is 17.0. The van der Waals surface area contributed by atoms with Gasteiger partial charge in [0.15, 0.2) is 5.69 Å². The molecule has 5 heterocycles. The number of nitrogens with zero attached hydrogens (tertiary/aromatic N) is 5. The Morgan fingerprint density at radius 2 is 1.56 bits per heavy atom. The predicted octanol–water partition coefficient (Wildman–Crippen LogP) is 6.23. The summed E-state index contributed by atoms with van der Waals surface area (Å²) in [4.78, 5) is 58.8. The van der Waals surface area contributed by atoms with Crippen molar-refractivity contribution in [3.8, 4) is 27.6 Å². The SMILES string of the molecule is O=C(CCCC[C@@H]1SCC2NC(=O)NC21)NCCCOCCOCCOCCCNC(=O)c1ccc(-c2csc(-n3[nH]c(-c4ccccc4)c(N=Nc4nccs4)c3=O)n2)cc1. The highest BCUT2D eigenvalue weighted by atomic mass is 32.2. The van der Waals surface area contributed by atoms with Gasteiger partial charge in [-0.15, -0.1) is 32.9 Å². The average molecular weight is 903 g/mol. The van der Waals surface area contributed by atoms with Crippen LogP contribution in [0.3, 0.4) is 0 Å². The Kier molecular flexibility index (Phi) is 16.8. The van der Waals surface area contributed by atoms with Crippen molar-refractivity contribution in [1.29, 1.82) is 0 Å². The van der Waals surface area contributed by atoms with Crippen LogP contribution < -0.4 is 26.8 Å². The van der Waals surface area contributed by atoms with Crippen molar-refractivity contribution >= 4 is 63.1 Å². The minimum atomic E-state index is -0.388. The number of thioether (sulfide) groups is 1. The third kappa shape index (κ3) is 12.7. The molecule has 2 aliphatic heterocycles. The number of azo groups is 1. The molecule has 3 atom stereocenters. The number of ether oxygens (including phenoxy) is 3. The quantitative estimate of drug-likeness (QED) is 0.0253. The van der Waals surface area contributed by atoms with Crippen LogP contribution in [0.1, 0.15) is 48.9 Å². The van der Waals surface area contributed by atoms with Gasteiger partial charge in [-0.1, -0.05) is 48.9 Å². The molecular formula is C42H50N10O7S3. The second kappa shape index (κ2) is 23.3. The highest BCUT2D eigenvalue weighted by Gasteiger charge is 2.42. The zero-order valence-electron chi connectivity index (χ0n) is 34.1. The number of amides is 4. The van der Waals surface area contributed by atoms with E-state index in [9.17, 15) is 19.2 Å². The van der Waals surface area contributed by atoms with Crippen LogP contribution in [0.25, 0.3) is 27.6 Å². The maximum Gasteiger partial charge on any atom is 0.315 e. The van der Waals surface area contributed by atoms with E-state index in [1.165, 1.54) is 27.4 Å². The van der Waals surface area contributed by atoms with Gasteiger partial charge in [0.1, 0.15) is 0 Å². The molecule has 17 nitrogen and oxygen atoms in total. The summed E-state index contributed by atoms with van der Waals surface area (Å²) < 4.78 is 18.2. The van der Waals surface area contributed by atoms with Crippen LogP contribution in [-0.4, -0.2) is 113 Å². The second-order valence-electron chi connectivity index (χ2n) is 14.5. The molecule has 4 amide bonds. The van der Waals surface area contributed by atoms with Crippen molar-refractivity contribution < 1.29 is 28.6 Å². The molecule has 62 heavy (non-hydrogen) atoms. The Labute approximate surface area is 370 Å². The zero-order chi connectivity index (χ0) is 42.9. The first kappa shape index (κ1) is 44.8. The van der Waals surface area contributed by atoms with E-state index < -0.39 is 0 Å². The number of rotatable bonds is 25. The Morgan fingerprint density at radius 1 is 0.823 bits per heavy atom. The molecule has 5 aromatic rings. The van der Waals surface area contributed by atoms with Crippen molar-refractivity contribution in [2.24, 2.45) is 10.2 Å². The normalized spacial score (nSPS) is 17.0. The number of fused-ring (bicyclic) bond motifs is 1. The first-order valence-corrected chi connectivity index (χ1v) is 23.5. The van der Waals surface area contributed by atoms with Gasteiger partial charge in [-0.3, -0.25) is 19.5 Å². The largest absolute Gasteiger partial charge is 0.379 e. The second-order valence-corrected chi connectivity index (χ2v) is 17.4. The van der Waals surface area contributed by atoms with Crippen molar-refractivity contribution in [3.63, 3.8) is 0 Å². The van der Waals surface area contributed by atoms with Crippen LogP contribution in [0.15, 0.2) is 86.6 Å². The number of aromatic nitrogens is 4. The first-order valence-electron chi connectivity index (χ1n) is 20.7. The number of carbonyl (C=O) groups excluding carboxylic acids is 3. The topological polar surface area (TPSA) is 215 Å². The fourth-order valence-corrected chi connectivity index (χ4v) is 9.68. The van der Waals surface area contributed by atoms with Gasteiger partial charge >= 0.3 is 11.6 Å². The lowest BCUT2D eigenvalue weighted by Crippen LogP contribution is -2.36. The van der Waals surface area contributed by atoms with E-state index in [0.29, 0.717) is 98.0 Å². The van der Waals surface area contributed by atoms with Gasteiger partial charge in [-0.2, -0.15) is 16.4 Å². The van der Waals surface area contributed by atoms with Gasteiger partial charge in [-0.05, 0) is 37.8 Å². The van der Waals surface area contributed by atoms with Crippen LogP contribution in [0.5, 0.6) is 0 Å². The Morgan fingerprint density at radius 3 is 2.31 bits per heavy atom. The van der Waals surface area contributed by atoms with E-state index in [2.05, 4.69) is 41.6 Å². The predicted molar refractivity (Wildman–Crippen MR) is 240 cm³/mol. The lowest BCUT2D eigenvalue weighted by molar-refractivity contribution is -0.121. The van der Waals surface area contributed by atoms with Gasteiger partial charge in [-0.25, -0.2) is 14.8 Å². The van der Waals surface area contributed by atoms with E-state index in [1.807, 2.05) is 59.6 Å². The monoisotopic (exact) mass is 902 g/mol. The maximum absolute atomic E-state index is 13.6. The number of nitrogens with one attached hydrogen (secondary N) is 5. The molecule has 2 saturated heterocycles. The Bertz CT molecular complexity index is 2280. The summed E-state index contributed by atoms with van der Waals surface area (Å²) in [7, 11) is 0. The minimum Gasteiger partial charge on any atom is -0.379 e. The number of hydrogen-bond donors (Lipinski definition) is 5. The highest BCUT2D eigenvalue weighted by molar-refractivity contribution is 8.00. The molecule has 7 rings (SSSR count). The summed E-state index contributed by atoms with van der Waals surface area (Å²) in [5.74, 6) is 0.832. The summed E-state index contributed by atoms with van der Waals surface area (Å²) in [6.07, 6.45) is 6.36. The van der Waals surface area contributed by atoms with Crippen LogP contribution in [-0.2, 0) is 19.0 Å². The Hall–Kier alpha value is -5.25. The van der Waals surface area contributed by atoms with Gasteiger partial charge in [0.2, 0.25) is 16.2 Å². The molecule has 0 spiro atoms. The maximum atomic E-state index is 13.6. The molecule has 3 aromatic heterocycles. The number of H-pyrrole nitrogens is 1. The summed E-state index contributed by atoms with van der Waals surface area (Å²) in [5.41, 5.74) is 3.05. The first-order chi connectivity index (χ1) is 30.4. The van der Waals surface area contributed by atoms with E-state index in [0.717, 1.165) is 42.6 Å². The van der Waals surface area contributed by atoms with E-state index in [1.54, 1.807) is 23.7 Å². The third-order valence-corrected chi connectivity index (χ3v) is 13.1. The molecule has 20 heteroatoms. The molecule has 5 N–H and O–H groups in total. The van der Waals surface area contributed by atoms with Gasteiger partial charge in [0.05, 0.1) is 49.9 Å². The smallest absolute Gasteiger partial charge is 0.315 e. The van der Waals surface area contributed by atoms with Crippen molar-refractivity contribution in [3.05, 3.63) is 87.5 Å². The lowest BCUT2D eigenvalue weighted by atomic mass is 10.0. The molecule has 2 aromatic carbocycles. The highest BCUT2D eigenvalue weighted by Crippen LogP contribution is 2.33. The molecule has 0 saturated carbocycles. The van der Waals surface area contributed by atoms with Crippen LogP contribution >= 0.6 is 34.4 Å². The number of unbranched alkanes of at least 4 members (excludes halogenated alkanes) is 1. The standard InChI is InChI=1S/C42H50N10O7S3/c53-34(11-5-4-10-33-36-32(27-61-33)46-40(56)48-36)43-16-6-19-57-21-23-59-24-22-58-20-7-17-44-38(54)30-14-12-28(13-15-30)31-26-62-42(47-31)52-39(55)37(49-50-41-45-18-25-60-41)35(51-52)29-8-2-1-3-9-29/h1-3,8-9,12-15,18,25-26,32-33,36,51H,4-7,10-11,16-17,19-24,27H2,(H,43,53)(H,44,54)(H2,46,48,56)/t32?,33-,36?/m0/s1. The molecule has 2 fully saturated rings. The van der Waals surface area contributed by atoms with Crippen LogP contribution in [0.4, 0.5) is 15.6 Å². The summed E-state index contributed by atoms with van der Waals surface area (Å²) >= 11 is 4.53. The van der Waals surface area contributed by atoms with Crippen LogP contribution in [0, 0.1) is 0 Å². The third-order valence-electron chi connectivity index (χ3n) is 10.1. The fourth-order valence-electron chi connectivity index (χ4n) is 6.90. The van der Waals surface area contributed by atoms with Gasteiger partial charge in [0.25, 0.3) is 5.91 Å². The van der Waals surface area contributed by atoms with Crippen molar-refractivity contribution in [2.75, 3.05) is 58.5 Å². The lowest BCUT2D eigenvalue weighted by Gasteiger charge is -2.16. The molecule has 0 radical (unpaired) electrons. The molecule has 2 aliphatic rings. The van der Waals surface area contributed by atoms with E-state index in [4.69, 9.17) is 19.2 Å². The number of thiazole rings is 2. The van der Waals surface area contributed by atoms with Gasteiger partial charge in [0, 0.05) is 77.4 Å². The molecule has 0 bridgehead atoms. The number of aromatic amines is 1. The van der Waals surface area contributed by atoms with E-state index in [-0.39, 0.29) is 41.2 Å². The number of carbonyl (C=O) groups is 3. The minimum absolute atomic E-state index is 0.0639. The van der Waals surface area contributed by atoms with Gasteiger partial charge < -0.3 is 35.5 Å². The van der Waals surface area contributed by atoms with Crippen LogP contribution in [0.2, 0.25) is 0 Å². The molecule has 0 aliphatic carbocycles. The number of hydrogen-bond acceptors (Lipinski definition) is 14. The Balaban J connectivity index is 0.711. The van der Waals surface area contributed by atoms with Crippen molar-refractivity contribution in [2.45, 2.75) is 55.9 Å². The molecule has 328 valence electrons. The van der Waals surface area contributed by atoms with Crippen molar-refractivity contribution in [1.82, 2.24) is 41.0 Å². The summed E-state index contributed by atoms with van der Waals surface area (Å²) in [6.45, 7) is 3.90. The summed E-state index contributed by atoms with van der Waals surface area (Å²) in [5, 5.41) is 28.4.